The summed E-state index contributed by atoms with van der Waals surface area (Å²) in [4.78, 5) is 24.3. The lowest BCUT2D eigenvalue weighted by Gasteiger charge is -2.17. The molecular formula is C19H20ClNO3. The fourth-order valence-corrected chi connectivity index (χ4v) is 2.65. The fourth-order valence-electron chi connectivity index (χ4n) is 2.43. The van der Waals surface area contributed by atoms with Gasteiger partial charge in [-0.05, 0) is 37.0 Å². The van der Waals surface area contributed by atoms with E-state index in [1.165, 1.54) is 12.7 Å². The van der Waals surface area contributed by atoms with Crippen molar-refractivity contribution in [2.24, 2.45) is 0 Å². The summed E-state index contributed by atoms with van der Waals surface area (Å²) in [7, 11) is 1.31. The molecule has 0 unspecified atom stereocenters. The van der Waals surface area contributed by atoms with Gasteiger partial charge in [0.15, 0.2) is 0 Å². The van der Waals surface area contributed by atoms with E-state index in [4.69, 9.17) is 16.3 Å². The first kappa shape index (κ1) is 18.0. The first-order chi connectivity index (χ1) is 11.6. The fraction of sp³-hybridized carbons (Fsp3) is 0.263. The molecule has 0 aliphatic heterocycles. The van der Waals surface area contributed by atoms with Crippen LogP contribution in [0.15, 0.2) is 54.6 Å². The molecule has 4 nitrogen and oxygen atoms in total. The highest BCUT2D eigenvalue weighted by Gasteiger charge is 2.22. The van der Waals surface area contributed by atoms with Gasteiger partial charge in [-0.25, -0.2) is 4.79 Å². The highest BCUT2D eigenvalue weighted by molar-refractivity contribution is 6.33. The van der Waals surface area contributed by atoms with Gasteiger partial charge in [-0.1, -0.05) is 54.1 Å². The monoisotopic (exact) mass is 345 g/mol. The molecule has 2 rings (SSSR count). The van der Waals surface area contributed by atoms with Gasteiger partial charge in [-0.3, -0.25) is 4.79 Å². The molecule has 0 aliphatic rings. The molecule has 1 amide bonds. The average molecular weight is 346 g/mol. The smallest absolute Gasteiger partial charge is 0.328 e. The molecule has 1 atom stereocenters. The molecule has 0 fully saturated rings. The van der Waals surface area contributed by atoms with Crippen LogP contribution in [0.1, 0.15) is 28.8 Å². The van der Waals surface area contributed by atoms with E-state index in [0.717, 1.165) is 12.8 Å². The van der Waals surface area contributed by atoms with Crippen molar-refractivity contribution in [3.8, 4) is 0 Å². The third-order valence-electron chi connectivity index (χ3n) is 3.71. The number of nitrogens with one attached hydrogen (secondary N) is 1. The lowest BCUT2D eigenvalue weighted by Crippen LogP contribution is -2.41. The maximum Gasteiger partial charge on any atom is 0.328 e. The topological polar surface area (TPSA) is 55.4 Å². The largest absolute Gasteiger partial charge is 0.467 e. The van der Waals surface area contributed by atoms with E-state index >= 15 is 0 Å². The SMILES string of the molecule is COC(=O)[C@@H](CCCc1ccccc1)NC(=O)c1ccccc1Cl. The van der Waals surface area contributed by atoms with Crippen molar-refractivity contribution < 1.29 is 14.3 Å². The van der Waals surface area contributed by atoms with Crippen LogP contribution in [-0.2, 0) is 16.0 Å². The molecule has 0 saturated heterocycles. The zero-order chi connectivity index (χ0) is 17.4. The minimum Gasteiger partial charge on any atom is -0.467 e. The molecule has 2 aromatic rings. The molecule has 24 heavy (non-hydrogen) atoms. The van der Waals surface area contributed by atoms with Gasteiger partial charge >= 0.3 is 5.97 Å². The Balaban J connectivity index is 1.97. The number of hydrogen-bond donors (Lipinski definition) is 1. The Morgan fingerprint density at radius 3 is 2.42 bits per heavy atom. The zero-order valence-electron chi connectivity index (χ0n) is 13.5. The minimum atomic E-state index is -0.692. The van der Waals surface area contributed by atoms with Gasteiger partial charge in [-0.2, -0.15) is 0 Å². The summed E-state index contributed by atoms with van der Waals surface area (Å²) in [5.74, 6) is -0.834. The molecule has 0 spiro atoms. The van der Waals surface area contributed by atoms with Crippen molar-refractivity contribution in [2.45, 2.75) is 25.3 Å². The Kier molecular flexibility index (Phi) is 6.82. The van der Waals surface area contributed by atoms with E-state index < -0.39 is 12.0 Å². The summed E-state index contributed by atoms with van der Waals surface area (Å²) < 4.78 is 4.80. The van der Waals surface area contributed by atoms with Gasteiger partial charge in [0.05, 0.1) is 17.7 Å². The van der Waals surface area contributed by atoms with Crippen LogP contribution in [-0.4, -0.2) is 25.0 Å². The number of carbonyl (C=O) groups is 2. The van der Waals surface area contributed by atoms with Gasteiger partial charge < -0.3 is 10.1 Å². The van der Waals surface area contributed by atoms with Crippen LogP contribution >= 0.6 is 11.6 Å². The summed E-state index contributed by atoms with van der Waals surface area (Å²) in [5, 5.41) is 3.06. The van der Waals surface area contributed by atoms with E-state index in [9.17, 15) is 9.59 Å². The van der Waals surface area contributed by atoms with E-state index in [-0.39, 0.29) is 5.91 Å². The molecule has 0 heterocycles. The van der Waals surface area contributed by atoms with Crippen molar-refractivity contribution in [1.82, 2.24) is 5.32 Å². The molecule has 0 bridgehead atoms. The van der Waals surface area contributed by atoms with Crippen molar-refractivity contribution in [3.05, 3.63) is 70.7 Å². The summed E-state index contributed by atoms with van der Waals surface area (Å²) >= 11 is 6.02. The Bertz CT molecular complexity index is 688. The van der Waals surface area contributed by atoms with Crippen molar-refractivity contribution >= 4 is 23.5 Å². The van der Waals surface area contributed by atoms with E-state index in [1.54, 1.807) is 24.3 Å². The first-order valence-electron chi connectivity index (χ1n) is 7.79. The normalized spacial score (nSPS) is 11.6. The highest BCUT2D eigenvalue weighted by Crippen LogP contribution is 2.15. The predicted octanol–water partition coefficient (Wildman–Crippen LogP) is 3.63. The van der Waals surface area contributed by atoms with Crippen LogP contribution in [0.4, 0.5) is 0 Å². The van der Waals surface area contributed by atoms with E-state index in [2.05, 4.69) is 5.32 Å². The summed E-state index contributed by atoms with van der Waals surface area (Å²) in [6, 6.07) is 16.0. The molecule has 0 radical (unpaired) electrons. The van der Waals surface area contributed by atoms with Gasteiger partial charge in [0.25, 0.3) is 5.91 Å². The average Bonchev–Trinajstić information content (AvgIpc) is 2.61. The molecule has 0 aliphatic carbocycles. The number of carbonyl (C=O) groups excluding carboxylic acids is 2. The lowest BCUT2D eigenvalue weighted by atomic mass is 10.0. The van der Waals surface area contributed by atoms with Gasteiger partial charge in [0.1, 0.15) is 6.04 Å². The third-order valence-corrected chi connectivity index (χ3v) is 4.04. The van der Waals surface area contributed by atoms with Crippen LogP contribution < -0.4 is 5.32 Å². The molecule has 0 aromatic heterocycles. The van der Waals surface area contributed by atoms with Crippen LogP contribution in [0.5, 0.6) is 0 Å². The Labute approximate surface area is 146 Å². The number of hydrogen-bond acceptors (Lipinski definition) is 3. The quantitative estimate of drug-likeness (QED) is 0.779. The summed E-state index contributed by atoms with van der Waals surface area (Å²) in [6.07, 6.45) is 2.08. The molecule has 126 valence electrons. The maximum absolute atomic E-state index is 12.3. The lowest BCUT2D eigenvalue weighted by molar-refractivity contribution is -0.143. The number of rotatable bonds is 7. The van der Waals surface area contributed by atoms with Crippen molar-refractivity contribution in [3.63, 3.8) is 0 Å². The van der Waals surface area contributed by atoms with Gasteiger partial charge in [-0.15, -0.1) is 0 Å². The summed E-state index contributed by atoms with van der Waals surface area (Å²) in [6.45, 7) is 0. The Hall–Kier alpha value is -2.33. The Morgan fingerprint density at radius 2 is 1.75 bits per heavy atom. The van der Waals surface area contributed by atoms with Crippen molar-refractivity contribution in [1.29, 1.82) is 0 Å². The van der Waals surface area contributed by atoms with Crippen LogP contribution in [0.25, 0.3) is 0 Å². The van der Waals surface area contributed by atoms with E-state index in [0.29, 0.717) is 17.0 Å². The second kappa shape index (κ2) is 9.08. The number of esters is 1. The molecule has 0 saturated carbocycles. The predicted molar refractivity (Wildman–Crippen MR) is 94.1 cm³/mol. The second-order valence-corrected chi connectivity index (χ2v) is 5.81. The minimum absolute atomic E-state index is 0.344. The molecular weight excluding hydrogens is 326 g/mol. The van der Waals surface area contributed by atoms with Crippen LogP contribution in [0.3, 0.4) is 0 Å². The molecule has 5 heteroatoms. The third kappa shape index (κ3) is 5.10. The molecule has 2 aromatic carbocycles. The number of amides is 1. The van der Waals surface area contributed by atoms with Crippen LogP contribution in [0, 0.1) is 0 Å². The van der Waals surface area contributed by atoms with Crippen LogP contribution in [0.2, 0.25) is 5.02 Å². The van der Waals surface area contributed by atoms with Crippen molar-refractivity contribution in [2.75, 3.05) is 7.11 Å². The number of halogens is 1. The molecule has 1 N–H and O–H groups in total. The van der Waals surface area contributed by atoms with Gasteiger partial charge in [0.2, 0.25) is 0 Å². The number of methoxy groups -OCH3 is 1. The van der Waals surface area contributed by atoms with Gasteiger partial charge in [0, 0.05) is 0 Å². The van der Waals surface area contributed by atoms with E-state index in [1.807, 2.05) is 30.3 Å². The number of aryl methyl sites for hydroxylation is 1. The number of ether oxygens (including phenoxy) is 1. The zero-order valence-corrected chi connectivity index (χ0v) is 14.3. The Morgan fingerprint density at radius 1 is 1.08 bits per heavy atom. The maximum atomic E-state index is 12.3. The number of benzene rings is 2. The summed E-state index contributed by atoms with van der Waals surface area (Å²) in [5.41, 5.74) is 1.54. The first-order valence-corrected chi connectivity index (χ1v) is 8.16. The second-order valence-electron chi connectivity index (χ2n) is 5.41. The highest BCUT2D eigenvalue weighted by atomic mass is 35.5. The standard InChI is InChI=1S/C19H20ClNO3/c1-24-19(23)17(13-7-10-14-8-3-2-4-9-14)21-18(22)15-11-5-6-12-16(15)20/h2-6,8-9,11-12,17H,7,10,13H2,1H3,(H,21,22)/t17-/m1/s1.